The zero-order chi connectivity index (χ0) is 23.1. The van der Waals surface area contributed by atoms with Crippen molar-refractivity contribution in [3.63, 3.8) is 0 Å². The van der Waals surface area contributed by atoms with Crippen LogP contribution in [0.5, 0.6) is 0 Å². The van der Waals surface area contributed by atoms with E-state index in [0.29, 0.717) is 24.6 Å². The fourth-order valence-electron chi connectivity index (χ4n) is 4.08. The molecule has 0 spiro atoms. The summed E-state index contributed by atoms with van der Waals surface area (Å²) in [6.07, 6.45) is 4.15. The Morgan fingerprint density at radius 3 is 2.44 bits per heavy atom. The number of methoxy groups -OCH3 is 1. The minimum atomic E-state index is -3.68. The second-order valence-electron chi connectivity index (χ2n) is 8.63. The molecule has 2 aromatic carbocycles. The number of nitrogens with one attached hydrogen (secondary N) is 1. The summed E-state index contributed by atoms with van der Waals surface area (Å²) < 4.78 is 32.5. The minimum absolute atomic E-state index is 0.0894. The Bertz CT molecular complexity index is 1010. The Morgan fingerprint density at radius 2 is 1.78 bits per heavy atom. The van der Waals surface area contributed by atoms with Crippen LogP contribution < -0.4 is 4.72 Å². The molecule has 1 aliphatic rings. The Labute approximate surface area is 192 Å². The predicted octanol–water partition coefficient (Wildman–Crippen LogP) is 3.71. The van der Waals surface area contributed by atoms with Gasteiger partial charge in [-0.05, 0) is 68.7 Å². The van der Waals surface area contributed by atoms with Crippen molar-refractivity contribution in [1.29, 1.82) is 0 Å². The third kappa shape index (κ3) is 6.40. The van der Waals surface area contributed by atoms with Crippen molar-refractivity contribution in [2.24, 2.45) is 5.92 Å². The van der Waals surface area contributed by atoms with Gasteiger partial charge in [-0.2, -0.15) is 0 Å². The summed E-state index contributed by atoms with van der Waals surface area (Å²) in [7, 11) is -2.17. The molecule has 0 unspecified atom stereocenters. The first kappa shape index (κ1) is 24.4. The van der Waals surface area contributed by atoms with Gasteiger partial charge in [-0.25, -0.2) is 13.1 Å². The van der Waals surface area contributed by atoms with Crippen LogP contribution in [0.3, 0.4) is 0 Å². The molecule has 1 N–H and O–H groups in total. The van der Waals surface area contributed by atoms with E-state index >= 15 is 0 Å². The topological polar surface area (TPSA) is 75.7 Å². The summed E-state index contributed by atoms with van der Waals surface area (Å²) in [6, 6.07) is 13.4. The molecule has 0 bridgehead atoms. The van der Waals surface area contributed by atoms with Gasteiger partial charge in [0.15, 0.2) is 0 Å². The quantitative estimate of drug-likeness (QED) is 0.581. The van der Waals surface area contributed by atoms with Gasteiger partial charge in [0.1, 0.15) is 0 Å². The van der Waals surface area contributed by atoms with Crippen LogP contribution in [0, 0.1) is 19.8 Å². The molecule has 0 aromatic heterocycles. The molecule has 7 heteroatoms. The van der Waals surface area contributed by atoms with Gasteiger partial charge >= 0.3 is 0 Å². The van der Waals surface area contributed by atoms with Crippen LogP contribution in [0.2, 0.25) is 0 Å². The number of hydrogen-bond acceptors (Lipinski definition) is 4. The molecule has 0 radical (unpaired) electrons. The van der Waals surface area contributed by atoms with Crippen molar-refractivity contribution in [3.8, 4) is 0 Å². The highest BCUT2D eigenvalue weighted by Crippen LogP contribution is 2.25. The first-order valence-corrected chi connectivity index (χ1v) is 12.7. The number of nitrogens with zero attached hydrogens (tertiary/aromatic N) is 1. The molecule has 1 amide bonds. The maximum atomic E-state index is 13.2. The number of piperidine rings is 1. The molecule has 0 atom stereocenters. The lowest BCUT2D eigenvalue weighted by Gasteiger charge is -2.32. The fraction of sp³-hybridized carbons (Fsp3) is 0.480. The van der Waals surface area contributed by atoms with Crippen LogP contribution in [-0.4, -0.2) is 52.6 Å². The van der Waals surface area contributed by atoms with Crippen molar-refractivity contribution >= 4 is 15.9 Å². The second kappa shape index (κ2) is 11.1. The third-order valence-corrected chi connectivity index (χ3v) is 7.67. The van der Waals surface area contributed by atoms with E-state index in [-0.39, 0.29) is 24.0 Å². The highest BCUT2D eigenvalue weighted by Gasteiger charge is 2.26. The zero-order valence-electron chi connectivity index (χ0n) is 19.3. The van der Waals surface area contributed by atoms with Crippen LogP contribution in [0.1, 0.15) is 46.3 Å². The fourth-order valence-corrected chi connectivity index (χ4v) is 5.12. The molecule has 2 aromatic rings. The van der Waals surface area contributed by atoms with Crippen molar-refractivity contribution in [3.05, 3.63) is 64.7 Å². The molecule has 1 aliphatic heterocycles. The predicted molar refractivity (Wildman–Crippen MR) is 126 cm³/mol. The van der Waals surface area contributed by atoms with E-state index in [0.717, 1.165) is 31.2 Å². The molecular weight excluding hydrogens is 424 g/mol. The molecule has 0 aliphatic carbocycles. The lowest BCUT2D eigenvalue weighted by atomic mass is 9.90. The maximum absolute atomic E-state index is 13.2. The Balaban J connectivity index is 1.59. The molecule has 6 nitrogen and oxygen atoms in total. The number of carbonyl (C=O) groups is 1. The number of sulfonamides is 1. The van der Waals surface area contributed by atoms with Gasteiger partial charge < -0.3 is 9.64 Å². The summed E-state index contributed by atoms with van der Waals surface area (Å²) in [5.41, 5.74) is 3.88. The van der Waals surface area contributed by atoms with Crippen LogP contribution in [0.4, 0.5) is 0 Å². The van der Waals surface area contributed by atoms with E-state index in [1.807, 2.05) is 11.8 Å². The summed E-state index contributed by atoms with van der Waals surface area (Å²) in [5.74, 6) is 0.520. The van der Waals surface area contributed by atoms with Gasteiger partial charge in [0, 0.05) is 32.3 Å². The SMILES string of the molecule is COCCNS(=O)(=O)c1ccc(C)c(C(=O)N2CCC(CCc3ccc(C)cc3)CC2)c1. The van der Waals surface area contributed by atoms with E-state index in [2.05, 4.69) is 35.9 Å². The molecule has 1 saturated heterocycles. The molecule has 1 fully saturated rings. The maximum Gasteiger partial charge on any atom is 0.254 e. The standard InChI is InChI=1S/C25H34N2O4S/c1-19-4-7-21(8-5-19)9-10-22-12-15-27(16-13-22)25(28)24-18-23(11-6-20(24)2)32(29,30)26-14-17-31-3/h4-8,11,18,22,26H,9-10,12-17H2,1-3H3. The van der Waals surface area contributed by atoms with Gasteiger partial charge in [0.25, 0.3) is 5.91 Å². The summed E-state index contributed by atoms with van der Waals surface area (Å²) in [6.45, 7) is 5.83. The van der Waals surface area contributed by atoms with E-state index in [1.54, 1.807) is 12.1 Å². The number of hydrogen-bond donors (Lipinski definition) is 1. The Kier molecular flexibility index (Phi) is 8.45. The van der Waals surface area contributed by atoms with Gasteiger partial charge in [-0.1, -0.05) is 35.9 Å². The summed E-state index contributed by atoms with van der Waals surface area (Å²) in [4.78, 5) is 15.1. The number of benzene rings is 2. The molecule has 3 rings (SSSR count). The van der Waals surface area contributed by atoms with Crippen LogP contribution >= 0.6 is 0 Å². The molecule has 32 heavy (non-hydrogen) atoms. The number of likely N-dealkylation sites (tertiary alicyclic amines) is 1. The lowest BCUT2D eigenvalue weighted by molar-refractivity contribution is 0.0686. The van der Waals surface area contributed by atoms with E-state index < -0.39 is 10.0 Å². The smallest absolute Gasteiger partial charge is 0.254 e. The number of aryl methyl sites for hydroxylation is 3. The highest BCUT2D eigenvalue weighted by molar-refractivity contribution is 7.89. The molecule has 1 heterocycles. The average Bonchev–Trinajstić information content (AvgIpc) is 2.79. The monoisotopic (exact) mass is 458 g/mol. The van der Waals surface area contributed by atoms with Crippen molar-refractivity contribution in [2.75, 3.05) is 33.4 Å². The van der Waals surface area contributed by atoms with Crippen LogP contribution in [-0.2, 0) is 21.2 Å². The molecular formula is C25H34N2O4S. The van der Waals surface area contributed by atoms with Gasteiger partial charge in [-0.15, -0.1) is 0 Å². The van der Waals surface area contributed by atoms with Gasteiger partial charge in [-0.3, -0.25) is 4.79 Å². The van der Waals surface area contributed by atoms with E-state index in [4.69, 9.17) is 4.74 Å². The second-order valence-corrected chi connectivity index (χ2v) is 10.4. The number of rotatable bonds is 9. The largest absolute Gasteiger partial charge is 0.383 e. The van der Waals surface area contributed by atoms with E-state index in [1.165, 1.54) is 24.3 Å². The first-order chi connectivity index (χ1) is 15.3. The summed E-state index contributed by atoms with van der Waals surface area (Å²) in [5, 5.41) is 0. The first-order valence-electron chi connectivity index (χ1n) is 11.2. The summed E-state index contributed by atoms with van der Waals surface area (Å²) >= 11 is 0. The Hall–Kier alpha value is -2.22. The molecule has 174 valence electrons. The Morgan fingerprint density at radius 1 is 1.09 bits per heavy atom. The number of ether oxygens (including phenoxy) is 1. The van der Waals surface area contributed by atoms with Gasteiger partial charge in [0.05, 0.1) is 11.5 Å². The third-order valence-electron chi connectivity index (χ3n) is 6.21. The van der Waals surface area contributed by atoms with Crippen molar-refractivity contribution in [1.82, 2.24) is 9.62 Å². The number of carbonyl (C=O) groups excluding carboxylic acids is 1. The normalized spacial score (nSPS) is 15.2. The molecule has 0 saturated carbocycles. The van der Waals surface area contributed by atoms with Gasteiger partial charge in [0.2, 0.25) is 10.0 Å². The van der Waals surface area contributed by atoms with Crippen molar-refractivity contribution in [2.45, 2.75) is 44.4 Å². The number of amides is 1. The minimum Gasteiger partial charge on any atom is -0.383 e. The average molecular weight is 459 g/mol. The van der Waals surface area contributed by atoms with Crippen molar-refractivity contribution < 1.29 is 17.9 Å². The van der Waals surface area contributed by atoms with Crippen LogP contribution in [0.15, 0.2) is 47.4 Å². The zero-order valence-corrected chi connectivity index (χ0v) is 20.1. The van der Waals surface area contributed by atoms with E-state index in [9.17, 15) is 13.2 Å². The highest BCUT2D eigenvalue weighted by atomic mass is 32.2. The lowest BCUT2D eigenvalue weighted by Crippen LogP contribution is -2.39. The van der Waals surface area contributed by atoms with Crippen LogP contribution in [0.25, 0.3) is 0 Å².